The van der Waals surface area contributed by atoms with Crippen LogP contribution in [0.4, 0.5) is 0 Å². The Morgan fingerprint density at radius 2 is 1.82 bits per heavy atom. The predicted molar refractivity (Wildman–Crippen MR) is 88.1 cm³/mol. The lowest BCUT2D eigenvalue weighted by Gasteiger charge is -2.02. The highest BCUT2D eigenvalue weighted by Crippen LogP contribution is 2.37. The number of aryl methyl sites for hydroxylation is 1. The number of halogens is 1. The highest BCUT2D eigenvalue weighted by atomic mass is 35.5. The molecule has 0 spiro atoms. The summed E-state index contributed by atoms with van der Waals surface area (Å²) in [5.74, 6) is 1.15. The van der Waals surface area contributed by atoms with E-state index in [-0.39, 0.29) is 4.90 Å². The highest BCUT2D eigenvalue weighted by Gasteiger charge is 2.17. The standard InChI is InChI=1S/C15H12ClNO3S2/c1-9-17-14(12-7-8-13(16)21-12)15(20-9)10-3-5-11(6-4-10)22(2,18)19/h3-8H,1-2H3. The van der Waals surface area contributed by atoms with Crippen molar-refractivity contribution in [3.8, 4) is 21.9 Å². The van der Waals surface area contributed by atoms with Crippen LogP contribution in [0.5, 0.6) is 0 Å². The maximum atomic E-state index is 11.5. The summed E-state index contributed by atoms with van der Waals surface area (Å²) in [6.45, 7) is 1.77. The Morgan fingerprint density at radius 3 is 2.36 bits per heavy atom. The number of thiophene rings is 1. The van der Waals surface area contributed by atoms with E-state index < -0.39 is 9.84 Å². The van der Waals surface area contributed by atoms with Gasteiger partial charge in [-0.2, -0.15) is 0 Å². The van der Waals surface area contributed by atoms with Gasteiger partial charge in [0, 0.05) is 18.7 Å². The van der Waals surface area contributed by atoms with E-state index in [1.54, 1.807) is 31.2 Å². The van der Waals surface area contributed by atoms with Crippen LogP contribution in [-0.2, 0) is 9.84 Å². The molecule has 0 saturated heterocycles. The predicted octanol–water partition coefficient (Wildman–Crippen LogP) is 4.44. The van der Waals surface area contributed by atoms with Crippen LogP contribution >= 0.6 is 22.9 Å². The summed E-state index contributed by atoms with van der Waals surface area (Å²) in [7, 11) is -3.22. The molecule has 0 fully saturated rings. The average Bonchev–Trinajstić information content (AvgIpc) is 3.04. The fourth-order valence-electron chi connectivity index (χ4n) is 2.08. The molecule has 7 heteroatoms. The van der Waals surface area contributed by atoms with Gasteiger partial charge in [-0.05, 0) is 36.4 Å². The first-order chi connectivity index (χ1) is 10.3. The minimum atomic E-state index is -3.22. The van der Waals surface area contributed by atoms with Crippen molar-refractivity contribution in [3.63, 3.8) is 0 Å². The molecule has 0 aliphatic rings. The number of nitrogens with zero attached hydrogens (tertiary/aromatic N) is 1. The van der Waals surface area contributed by atoms with Crippen LogP contribution in [0, 0.1) is 6.92 Å². The zero-order valence-electron chi connectivity index (χ0n) is 11.8. The number of oxazole rings is 1. The van der Waals surface area contributed by atoms with Crippen molar-refractivity contribution >= 4 is 32.8 Å². The molecule has 2 aromatic heterocycles. The topological polar surface area (TPSA) is 60.2 Å². The van der Waals surface area contributed by atoms with Gasteiger partial charge in [0.25, 0.3) is 0 Å². The monoisotopic (exact) mass is 353 g/mol. The molecule has 0 bridgehead atoms. The Labute approximate surface area is 137 Å². The quantitative estimate of drug-likeness (QED) is 0.698. The Hall–Kier alpha value is -1.63. The van der Waals surface area contributed by atoms with Gasteiger partial charge in [0.15, 0.2) is 21.5 Å². The number of rotatable bonds is 3. The van der Waals surface area contributed by atoms with Crippen molar-refractivity contribution in [3.05, 3.63) is 46.6 Å². The van der Waals surface area contributed by atoms with Crippen LogP contribution < -0.4 is 0 Å². The first-order valence-electron chi connectivity index (χ1n) is 6.38. The van der Waals surface area contributed by atoms with Crippen molar-refractivity contribution in [2.75, 3.05) is 6.26 Å². The van der Waals surface area contributed by atoms with E-state index >= 15 is 0 Å². The maximum absolute atomic E-state index is 11.5. The second-order valence-corrected chi connectivity index (χ2v) is 8.54. The fourth-order valence-corrected chi connectivity index (χ4v) is 3.74. The summed E-state index contributed by atoms with van der Waals surface area (Å²) in [5, 5.41) is 0. The number of hydrogen-bond acceptors (Lipinski definition) is 5. The molecule has 2 heterocycles. The van der Waals surface area contributed by atoms with Crippen LogP contribution in [0.1, 0.15) is 5.89 Å². The smallest absolute Gasteiger partial charge is 0.192 e. The summed E-state index contributed by atoms with van der Waals surface area (Å²) in [6, 6.07) is 10.3. The molecule has 3 aromatic rings. The van der Waals surface area contributed by atoms with E-state index in [9.17, 15) is 8.42 Å². The number of aromatic nitrogens is 1. The lowest BCUT2D eigenvalue weighted by Crippen LogP contribution is -1.96. The van der Waals surface area contributed by atoms with Gasteiger partial charge in [0.2, 0.25) is 0 Å². The van der Waals surface area contributed by atoms with E-state index in [0.29, 0.717) is 21.7 Å². The molecule has 0 radical (unpaired) electrons. The van der Waals surface area contributed by atoms with E-state index in [2.05, 4.69) is 4.98 Å². The highest BCUT2D eigenvalue weighted by molar-refractivity contribution is 7.90. The van der Waals surface area contributed by atoms with Gasteiger partial charge >= 0.3 is 0 Å². The van der Waals surface area contributed by atoms with E-state index in [4.69, 9.17) is 16.0 Å². The number of hydrogen-bond donors (Lipinski definition) is 0. The molecule has 0 saturated carbocycles. The molecule has 4 nitrogen and oxygen atoms in total. The molecular formula is C15H12ClNO3S2. The molecule has 0 aliphatic carbocycles. The normalized spacial score (nSPS) is 11.8. The Bertz CT molecular complexity index is 924. The zero-order valence-corrected chi connectivity index (χ0v) is 14.2. The lowest BCUT2D eigenvalue weighted by atomic mass is 10.1. The third-order valence-corrected chi connectivity index (χ3v) is 5.45. The summed E-state index contributed by atoms with van der Waals surface area (Å²) in [4.78, 5) is 5.59. The molecule has 3 rings (SSSR count). The van der Waals surface area contributed by atoms with Crippen LogP contribution in [0.15, 0.2) is 45.7 Å². The minimum absolute atomic E-state index is 0.271. The summed E-state index contributed by atoms with van der Waals surface area (Å²) in [6.07, 6.45) is 1.18. The number of benzene rings is 1. The molecule has 0 aliphatic heterocycles. The third-order valence-electron chi connectivity index (χ3n) is 3.09. The van der Waals surface area contributed by atoms with Gasteiger partial charge in [-0.1, -0.05) is 11.6 Å². The Balaban J connectivity index is 2.09. The van der Waals surface area contributed by atoms with Crippen LogP contribution in [-0.4, -0.2) is 19.7 Å². The van der Waals surface area contributed by atoms with Gasteiger partial charge in [-0.3, -0.25) is 0 Å². The van der Waals surface area contributed by atoms with Crippen LogP contribution in [0.3, 0.4) is 0 Å². The van der Waals surface area contributed by atoms with Crippen LogP contribution in [0.25, 0.3) is 21.9 Å². The second kappa shape index (κ2) is 5.53. The van der Waals surface area contributed by atoms with Gasteiger partial charge in [-0.25, -0.2) is 13.4 Å². The third kappa shape index (κ3) is 2.95. The molecule has 1 aromatic carbocycles. The molecular weight excluding hydrogens is 342 g/mol. The van der Waals surface area contributed by atoms with Crippen LogP contribution in [0.2, 0.25) is 4.34 Å². The summed E-state index contributed by atoms with van der Waals surface area (Å²) < 4.78 is 29.4. The van der Waals surface area contributed by atoms with E-state index in [0.717, 1.165) is 10.4 Å². The second-order valence-electron chi connectivity index (χ2n) is 4.81. The van der Waals surface area contributed by atoms with E-state index in [1.165, 1.54) is 17.6 Å². The Morgan fingerprint density at radius 1 is 1.14 bits per heavy atom. The largest absolute Gasteiger partial charge is 0.440 e. The lowest BCUT2D eigenvalue weighted by molar-refractivity contribution is 0.534. The van der Waals surface area contributed by atoms with E-state index in [1.807, 2.05) is 12.1 Å². The van der Waals surface area contributed by atoms with Crippen molar-refractivity contribution < 1.29 is 12.8 Å². The summed E-state index contributed by atoms with van der Waals surface area (Å²) >= 11 is 7.40. The SMILES string of the molecule is Cc1nc(-c2ccc(Cl)s2)c(-c2ccc(S(C)(=O)=O)cc2)o1. The molecule has 22 heavy (non-hydrogen) atoms. The van der Waals surface area contributed by atoms with Crippen molar-refractivity contribution in [1.29, 1.82) is 0 Å². The summed E-state index contributed by atoms with van der Waals surface area (Å²) in [5.41, 5.74) is 1.48. The van der Waals surface area contributed by atoms with Gasteiger partial charge in [0.05, 0.1) is 14.1 Å². The minimum Gasteiger partial charge on any atom is -0.440 e. The first kappa shape index (κ1) is 15.3. The maximum Gasteiger partial charge on any atom is 0.192 e. The Kier molecular flexibility index (Phi) is 3.84. The van der Waals surface area contributed by atoms with Gasteiger partial charge in [-0.15, -0.1) is 11.3 Å². The molecule has 114 valence electrons. The van der Waals surface area contributed by atoms with Gasteiger partial charge < -0.3 is 4.42 Å². The van der Waals surface area contributed by atoms with Crippen molar-refractivity contribution in [2.24, 2.45) is 0 Å². The van der Waals surface area contributed by atoms with Gasteiger partial charge in [0.1, 0.15) is 5.69 Å². The number of sulfone groups is 1. The molecule has 0 unspecified atom stereocenters. The average molecular weight is 354 g/mol. The molecule has 0 atom stereocenters. The zero-order chi connectivity index (χ0) is 15.9. The molecule has 0 amide bonds. The van der Waals surface area contributed by atoms with Crippen molar-refractivity contribution in [1.82, 2.24) is 4.98 Å². The molecule has 0 N–H and O–H groups in total. The van der Waals surface area contributed by atoms with Crippen molar-refractivity contribution in [2.45, 2.75) is 11.8 Å². The fraction of sp³-hybridized carbons (Fsp3) is 0.133. The first-order valence-corrected chi connectivity index (χ1v) is 9.47.